The minimum atomic E-state index is -0.336. The summed E-state index contributed by atoms with van der Waals surface area (Å²) in [5, 5.41) is 13.8. The molecule has 7 heteroatoms. The van der Waals surface area contributed by atoms with Gasteiger partial charge in [-0.2, -0.15) is 0 Å². The molecule has 1 N–H and O–H groups in total. The van der Waals surface area contributed by atoms with Gasteiger partial charge in [-0.1, -0.05) is 6.07 Å². The molecule has 19 heavy (non-hydrogen) atoms. The SMILES string of the molecule is O=C(Nc1cccc(-n2cnnn2)c1)C1CCCO1. The monoisotopic (exact) mass is 259 g/mol. The number of carbonyl (C=O) groups is 1. The van der Waals surface area contributed by atoms with Crippen LogP contribution in [0.2, 0.25) is 0 Å². The van der Waals surface area contributed by atoms with Gasteiger partial charge in [0.05, 0.1) is 5.69 Å². The van der Waals surface area contributed by atoms with Crippen LogP contribution in [0.3, 0.4) is 0 Å². The van der Waals surface area contributed by atoms with Gasteiger partial charge in [0.1, 0.15) is 12.4 Å². The van der Waals surface area contributed by atoms with Gasteiger partial charge < -0.3 is 10.1 Å². The van der Waals surface area contributed by atoms with Crippen LogP contribution in [-0.2, 0) is 9.53 Å². The molecule has 2 aromatic rings. The van der Waals surface area contributed by atoms with E-state index in [9.17, 15) is 4.79 Å². The normalized spacial score (nSPS) is 18.4. The number of tetrazole rings is 1. The molecular weight excluding hydrogens is 246 g/mol. The van der Waals surface area contributed by atoms with Crippen LogP contribution in [0.5, 0.6) is 0 Å². The Morgan fingerprint density at radius 2 is 2.42 bits per heavy atom. The number of anilines is 1. The Bertz CT molecular complexity index is 563. The smallest absolute Gasteiger partial charge is 0.253 e. The lowest BCUT2D eigenvalue weighted by Crippen LogP contribution is -2.26. The molecule has 0 saturated carbocycles. The van der Waals surface area contributed by atoms with Gasteiger partial charge in [-0.25, -0.2) is 4.68 Å². The lowest BCUT2D eigenvalue weighted by molar-refractivity contribution is -0.124. The second kappa shape index (κ2) is 5.15. The van der Waals surface area contributed by atoms with Crippen molar-refractivity contribution in [3.8, 4) is 5.69 Å². The van der Waals surface area contributed by atoms with E-state index >= 15 is 0 Å². The summed E-state index contributed by atoms with van der Waals surface area (Å²) in [5.41, 5.74) is 1.49. The number of carbonyl (C=O) groups excluding carboxylic acids is 1. The number of hydrogen-bond donors (Lipinski definition) is 1. The highest BCUT2D eigenvalue weighted by atomic mass is 16.5. The predicted octanol–water partition coefficient (Wildman–Crippen LogP) is 0.780. The molecule has 1 aliphatic heterocycles. The lowest BCUT2D eigenvalue weighted by atomic mass is 10.2. The molecule has 3 rings (SSSR count). The predicted molar refractivity (Wildman–Crippen MR) is 66.8 cm³/mol. The lowest BCUT2D eigenvalue weighted by Gasteiger charge is -2.11. The molecule has 2 heterocycles. The van der Waals surface area contributed by atoms with Crippen molar-refractivity contribution >= 4 is 11.6 Å². The minimum Gasteiger partial charge on any atom is -0.368 e. The zero-order valence-corrected chi connectivity index (χ0v) is 10.2. The minimum absolute atomic E-state index is 0.105. The quantitative estimate of drug-likeness (QED) is 0.880. The van der Waals surface area contributed by atoms with Crippen LogP contribution >= 0.6 is 0 Å². The van der Waals surface area contributed by atoms with Crippen molar-refractivity contribution in [1.82, 2.24) is 20.2 Å². The van der Waals surface area contributed by atoms with Crippen molar-refractivity contribution in [1.29, 1.82) is 0 Å². The number of ether oxygens (including phenoxy) is 1. The van der Waals surface area contributed by atoms with E-state index in [2.05, 4.69) is 20.8 Å². The Labute approximate surface area is 109 Å². The molecule has 1 atom stereocenters. The molecule has 0 bridgehead atoms. The third-order valence-corrected chi connectivity index (χ3v) is 2.95. The van der Waals surface area contributed by atoms with Crippen molar-refractivity contribution in [3.05, 3.63) is 30.6 Å². The summed E-state index contributed by atoms with van der Waals surface area (Å²) in [6.07, 6.45) is 2.87. The fourth-order valence-corrected chi connectivity index (χ4v) is 2.01. The van der Waals surface area contributed by atoms with Crippen molar-refractivity contribution in [2.24, 2.45) is 0 Å². The van der Waals surface area contributed by atoms with Crippen LogP contribution in [0.1, 0.15) is 12.8 Å². The highest BCUT2D eigenvalue weighted by Crippen LogP contribution is 2.17. The third-order valence-electron chi connectivity index (χ3n) is 2.95. The summed E-state index contributed by atoms with van der Waals surface area (Å²) >= 11 is 0. The van der Waals surface area contributed by atoms with E-state index in [1.807, 2.05) is 24.3 Å². The van der Waals surface area contributed by atoms with Crippen molar-refractivity contribution < 1.29 is 9.53 Å². The fourth-order valence-electron chi connectivity index (χ4n) is 2.01. The summed E-state index contributed by atoms with van der Waals surface area (Å²) in [4.78, 5) is 11.9. The molecule has 0 radical (unpaired) electrons. The summed E-state index contributed by atoms with van der Waals surface area (Å²) in [6.45, 7) is 0.656. The Morgan fingerprint density at radius 3 is 3.16 bits per heavy atom. The largest absolute Gasteiger partial charge is 0.368 e. The molecule has 1 aromatic carbocycles. The van der Waals surface area contributed by atoms with E-state index in [1.165, 1.54) is 11.0 Å². The van der Waals surface area contributed by atoms with Crippen LogP contribution < -0.4 is 5.32 Å². The highest BCUT2D eigenvalue weighted by molar-refractivity contribution is 5.94. The number of nitrogens with one attached hydrogen (secondary N) is 1. The van der Waals surface area contributed by atoms with Crippen LogP contribution in [0, 0.1) is 0 Å². The van der Waals surface area contributed by atoms with Gasteiger partial charge in [0.25, 0.3) is 5.91 Å². The van der Waals surface area contributed by atoms with Crippen LogP contribution in [-0.4, -0.2) is 38.8 Å². The Balaban J connectivity index is 1.74. The topological polar surface area (TPSA) is 81.9 Å². The zero-order chi connectivity index (χ0) is 13.1. The maximum atomic E-state index is 11.9. The number of rotatable bonds is 3. The molecule has 1 aliphatic rings. The van der Waals surface area contributed by atoms with Crippen molar-refractivity contribution in [3.63, 3.8) is 0 Å². The zero-order valence-electron chi connectivity index (χ0n) is 10.2. The second-order valence-corrected chi connectivity index (χ2v) is 4.30. The Hall–Kier alpha value is -2.28. The van der Waals surface area contributed by atoms with Crippen molar-refractivity contribution in [2.75, 3.05) is 11.9 Å². The second-order valence-electron chi connectivity index (χ2n) is 4.30. The molecule has 0 spiro atoms. The molecule has 1 unspecified atom stereocenters. The van der Waals surface area contributed by atoms with Gasteiger partial charge in [0.15, 0.2) is 0 Å². The number of amides is 1. The van der Waals surface area contributed by atoms with E-state index in [-0.39, 0.29) is 12.0 Å². The summed E-state index contributed by atoms with van der Waals surface area (Å²) in [7, 11) is 0. The maximum absolute atomic E-state index is 11.9. The number of nitrogens with zero attached hydrogens (tertiary/aromatic N) is 4. The highest BCUT2D eigenvalue weighted by Gasteiger charge is 2.23. The van der Waals surface area contributed by atoms with E-state index < -0.39 is 0 Å². The van der Waals surface area contributed by atoms with Gasteiger partial charge >= 0.3 is 0 Å². The van der Waals surface area contributed by atoms with Gasteiger partial charge in [0.2, 0.25) is 0 Å². The van der Waals surface area contributed by atoms with E-state index in [4.69, 9.17) is 4.74 Å². The first kappa shape index (κ1) is 11.8. The first-order chi connectivity index (χ1) is 9.33. The Kier molecular flexibility index (Phi) is 3.20. The first-order valence-corrected chi connectivity index (χ1v) is 6.09. The van der Waals surface area contributed by atoms with Gasteiger partial charge in [-0.3, -0.25) is 4.79 Å². The maximum Gasteiger partial charge on any atom is 0.253 e. The summed E-state index contributed by atoms with van der Waals surface area (Å²) < 4.78 is 6.87. The molecule has 0 aliphatic carbocycles. The molecule has 1 fully saturated rings. The van der Waals surface area contributed by atoms with Crippen molar-refractivity contribution in [2.45, 2.75) is 18.9 Å². The molecule has 98 valence electrons. The fraction of sp³-hybridized carbons (Fsp3) is 0.333. The molecule has 1 saturated heterocycles. The third kappa shape index (κ3) is 2.60. The van der Waals surface area contributed by atoms with Crippen LogP contribution in [0.4, 0.5) is 5.69 Å². The number of aromatic nitrogens is 4. The van der Waals surface area contributed by atoms with E-state index in [0.717, 1.165) is 18.5 Å². The molecular formula is C12H13N5O2. The first-order valence-electron chi connectivity index (χ1n) is 6.09. The molecule has 1 aromatic heterocycles. The van der Waals surface area contributed by atoms with Gasteiger partial charge in [0, 0.05) is 12.3 Å². The molecule has 1 amide bonds. The average Bonchev–Trinajstić information content (AvgIpc) is 3.13. The standard InChI is InChI=1S/C12H13N5O2/c18-12(11-5-2-6-19-11)14-9-3-1-4-10(7-9)17-8-13-15-16-17/h1,3-4,7-8,11H,2,5-6H2,(H,14,18). The van der Waals surface area contributed by atoms with Crippen LogP contribution in [0.15, 0.2) is 30.6 Å². The number of benzene rings is 1. The van der Waals surface area contributed by atoms with E-state index in [0.29, 0.717) is 12.3 Å². The van der Waals surface area contributed by atoms with Gasteiger partial charge in [-0.05, 0) is 41.5 Å². The number of hydrogen-bond acceptors (Lipinski definition) is 5. The van der Waals surface area contributed by atoms with Crippen LogP contribution in [0.25, 0.3) is 5.69 Å². The van der Waals surface area contributed by atoms with Gasteiger partial charge in [-0.15, -0.1) is 5.10 Å². The average molecular weight is 259 g/mol. The summed E-state index contributed by atoms with van der Waals surface area (Å²) in [5.74, 6) is -0.105. The molecule has 7 nitrogen and oxygen atoms in total. The van der Waals surface area contributed by atoms with E-state index in [1.54, 1.807) is 0 Å². The Morgan fingerprint density at radius 1 is 1.47 bits per heavy atom. The summed E-state index contributed by atoms with van der Waals surface area (Å²) in [6, 6.07) is 7.32.